The fourth-order valence-electron chi connectivity index (χ4n) is 1.53. The second kappa shape index (κ2) is 7.71. The van der Waals surface area contributed by atoms with E-state index in [1.807, 2.05) is 11.8 Å². The van der Waals surface area contributed by atoms with E-state index in [0.29, 0.717) is 6.54 Å². The number of hydrogen-bond donors (Lipinski definition) is 1. The van der Waals surface area contributed by atoms with Crippen molar-refractivity contribution < 1.29 is 4.74 Å². The van der Waals surface area contributed by atoms with Crippen LogP contribution in [-0.2, 0) is 17.0 Å². The molecule has 0 aromatic heterocycles. The number of aryl methyl sites for hydroxylation is 1. The van der Waals surface area contributed by atoms with Crippen LogP contribution in [0.4, 0.5) is 0 Å². The molecule has 2 nitrogen and oxygen atoms in total. The molecule has 0 bridgehead atoms. The lowest BCUT2D eigenvalue weighted by molar-refractivity contribution is 0.200. The van der Waals surface area contributed by atoms with Gasteiger partial charge in [0, 0.05) is 26.0 Å². The van der Waals surface area contributed by atoms with Crippen LogP contribution in [0.2, 0.25) is 0 Å². The van der Waals surface area contributed by atoms with Crippen LogP contribution in [0.1, 0.15) is 23.1 Å². The fourth-order valence-corrected chi connectivity index (χ4v) is 2.54. The van der Waals surface area contributed by atoms with Gasteiger partial charge >= 0.3 is 0 Å². The summed E-state index contributed by atoms with van der Waals surface area (Å²) < 4.78 is 5.02. The maximum absolute atomic E-state index is 5.60. The van der Waals surface area contributed by atoms with Crippen molar-refractivity contribution in [2.24, 2.45) is 5.73 Å². The number of methoxy groups -OCH3 is 1. The van der Waals surface area contributed by atoms with E-state index in [9.17, 15) is 0 Å². The highest BCUT2D eigenvalue weighted by Crippen LogP contribution is 2.18. The van der Waals surface area contributed by atoms with Gasteiger partial charge in [-0.15, -0.1) is 0 Å². The molecule has 0 aliphatic carbocycles. The maximum Gasteiger partial charge on any atom is 0.0470 e. The highest BCUT2D eigenvalue weighted by atomic mass is 32.2. The van der Waals surface area contributed by atoms with Crippen LogP contribution in [-0.4, -0.2) is 19.5 Å². The Bertz CT molecular complexity index is 315. The summed E-state index contributed by atoms with van der Waals surface area (Å²) in [6.45, 7) is 3.64. The third-order valence-corrected chi connectivity index (χ3v) is 3.63. The minimum Gasteiger partial charge on any atom is -0.385 e. The van der Waals surface area contributed by atoms with E-state index in [1.54, 1.807) is 7.11 Å². The first-order chi connectivity index (χ1) is 7.77. The largest absolute Gasteiger partial charge is 0.385 e. The molecule has 1 aromatic rings. The van der Waals surface area contributed by atoms with Crippen LogP contribution >= 0.6 is 11.8 Å². The molecular formula is C13H21NOS. The van der Waals surface area contributed by atoms with Crippen molar-refractivity contribution in [2.75, 3.05) is 19.5 Å². The summed E-state index contributed by atoms with van der Waals surface area (Å²) in [4.78, 5) is 0. The van der Waals surface area contributed by atoms with E-state index < -0.39 is 0 Å². The third kappa shape index (κ3) is 4.56. The molecule has 1 rings (SSSR count). The molecule has 3 heteroatoms. The third-order valence-electron chi connectivity index (χ3n) is 2.54. The molecule has 16 heavy (non-hydrogen) atoms. The highest BCUT2D eigenvalue weighted by molar-refractivity contribution is 7.98. The fraction of sp³-hybridized carbons (Fsp3) is 0.538. The van der Waals surface area contributed by atoms with Crippen molar-refractivity contribution in [1.29, 1.82) is 0 Å². The van der Waals surface area contributed by atoms with Crippen LogP contribution in [0, 0.1) is 6.92 Å². The summed E-state index contributed by atoms with van der Waals surface area (Å²) in [5.74, 6) is 2.24. The molecule has 0 heterocycles. The van der Waals surface area contributed by atoms with Crippen LogP contribution in [0.3, 0.4) is 0 Å². The van der Waals surface area contributed by atoms with Crippen molar-refractivity contribution in [3.8, 4) is 0 Å². The molecule has 0 radical (unpaired) electrons. The van der Waals surface area contributed by atoms with Gasteiger partial charge in [0.05, 0.1) is 0 Å². The molecule has 0 atom stereocenters. The quantitative estimate of drug-likeness (QED) is 0.743. The van der Waals surface area contributed by atoms with Gasteiger partial charge in [-0.1, -0.05) is 18.2 Å². The van der Waals surface area contributed by atoms with Crippen molar-refractivity contribution in [1.82, 2.24) is 0 Å². The number of rotatable bonds is 7. The lowest BCUT2D eigenvalue weighted by Gasteiger charge is -2.07. The van der Waals surface area contributed by atoms with Gasteiger partial charge in [-0.2, -0.15) is 11.8 Å². The lowest BCUT2D eigenvalue weighted by atomic mass is 10.1. The lowest BCUT2D eigenvalue weighted by Crippen LogP contribution is -1.98. The molecule has 0 aliphatic rings. The highest BCUT2D eigenvalue weighted by Gasteiger charge is 1.99. The van der Waals surface area contributed by atoms with Gasteiger partial charge in [-0.3, -0.25) is 0 Å². The van der Waals surface area contributed by atoms with Crippen molar-refractivity contribution >= 4 is 11.8 Å². The molecule has 0 unspecified atom stereocenters. The summed E-state index contributed by atoms with van der Waals surface area (Å²) in [7, 11) is 1.75. The molecule has 2 N–H and O–H groups in total. The summed E-state index contributed by atoms with van der Waals surface area (Å²) in [5.41, 5.74) is 9.58. The smallest absolute Gasteiger partial charge is 0.0470 e. The molecule has 0 spiro atoms. The first-order valence-electron chi connectivity index (χ1n) is 5.63. The number of ether oxygens (including phenoxy) is 1. The summed E-state index contributed by atoms with van der Waals surface area (Å²) in [6.07, 6.45) is 1.13. The van der Waals surface area contributed by atoms with Crippen LogP contribution in [0.5, 0.6) is 0 Å². The average molecular weight is 239 g/mol. The zero-order valence-corrected chi connectivity index (χ0v) is 11.0. The second-order valence-corrected chi connectivity index (χ2v) is 4.97. The predicted molar refractivity (Wildman–Crippen MR) is 71.7 cm³/mol. The molecule has 1 aromatic carbocycles. The van der Waals surface area contributed by atoms with Crippen molar-refractivity contribution in [3.63, 3.8) is 0 Å². The molecular weight excluding hydrogens is 218 g/mol. The topological polar surface area (TPSA) is 35.2 Å². The Balaban J connectivity index is 2.36. The van der Waals surface area contributed by atoms with Gasteiger partial charge in [-0.05, 0) is 35.8 Å². The number of benzene rings is 1. The Morgan fingerprint density at radius 3 is 2.81 bits per heavy atom. The Kier molecular flexibility index (Phi) is 6.53. The Morgan fingerprint density at radius 1 is 1.38 bits per heavy atom. The van der Waals surface area contributed by atoms with E-state index in [-0.39, 0.29) is 0 Å². The molecule has 0 saturated heterocycles. The Hall–Kier alpha value is -0.510. The van der Waals surface area contributed by atoms with E-state index in [4.69, 9.17) is 10.5 Å². The average Bonchev–Trinajstić information content (AvgIpc) is 2.30. The van der Waals surface area contributed by atoms with Gasteiger partial charge in [-0.25, -0.2) is 0 Å². The molecule has 0 fully saturated rings. The summed E-state index contributed by atoms with van der Waals surface area (Å²) in [6, 6.07) is 6.50. The Morgan fingerprint density at radius 2 is 2.19 bits per heavy atom. The SMILES string of the molecule is COCCCSCc1ccc(CN)cc1C. The molecule has 90 valence electrons. The van der Waals surface area contributed by atoms with E-state index in [1.165, 1.54) is 16.7 Å². The van der Waals surface area contributed by atoms with Crippen molar-refractivity contribution in [2.45, 2.75) is 25.6 Å². The minimum atomic E-state index is 0.627. The summed E-state index contributed by atoms with van der Waals surface area (Å²) in [5, 5.41) is 0. The van der Waals surface area contributed by atoms with E-state index in [0.717, 1.165) is 24.5 Å². The van der Waals surface area contributed by atoms with Crippen LogP contribution in [0.15, 0.2) is 18.2 Å². The molecule has 0 saturated carbocycles. The molecule has 0 amide bonds. The van der Waals surface area contributed by atoms with E-state index >= 15 is 0 Å². The van der Waals surface area contributed by atoms with Gasteiger partial charge in [0.2, 0.25) is 0 Å². The first-order valence-corrected chi connectivity index (χ1v) is 6.78. The zero-order valence-electron chi connectivity index (χ0n) is 10.2. The Labute approximate surface area is 103 Å². The second-order valence-electron chi connectivity index (χ2n) is 3.86. The number of hydrogen-bond acceptors (Lipinski definition) is 3. The van der Waals surface area contributed by atoms with Gasteiger partial charge in [0.15, 0.2) is 0 Å². The number of thioether (sulfide) groups is 1. The minimum absolute atomic E-state index is 0.627. The first kappa shape index (κ1) is 13.6. The van der Waals surface area contributed by atoms with Crippen LogP contribution < -0.4 is 5.73 Å². The van der Waals surface area contributed by atoms with Gasteiger partial charge in [0.25, 0.3) is 0 Å². The number of nitrogens with two attached hydrogens (primary N) is 1. The normalized spacial score (nSPS) is 10.7. The molecule has 0 aliphatic heterocycles. The summed E-state index contributed by atoms with van der Waals surface area (Å²) >= 11 is 1.96. The van der Waals surface area contributed by atoms with Crippen molar-refractivity contribution in [3.05, 3.63) is 34.9 Å². The van der Waals surface area contributed by atoms with Gasteiger partial charge in [0.1, 0.15) is 0 Å². The van der Waals surface area contributed by atoms with E-state index in [2.05, 4.69) is 25.1 Å². The monoisotopic (exact) mass is 239 g/mol. The van der Waals surface area contributed by atoms with Crippen LogP contribution in [0.25, 0.3) is 0 Å². The zero-order chi connectivity index (χ0) is 11.8. The predicted octanol–water partition coefficient (Wildman–Crippen LogP) is 2.72. The maximum atomic E-state index is 5.60. The standard InChI is InChI=1S/C13H21NOS/c1-11-8-12(9-14)4-5-13(11)10-16-7-3-6-15-2/h4-5,8H,3,6-7,9-10,14H2,1-2H3. The van der Waals surface area contributed by atoms with Gasteiger partial charge < -0.3 is 10.5 Å².